The highest BCUT2D eigenvalue weighted by molar-refractivity contribution is 6.31. The molecule has 0 amide bonds. The Labute approximate surface area is 113 Å². The molecule has 0 saturated carbocycles. The van der Waals surface area contributed by atoms with E-state index in [9.17, 15) is 4.79 Å². The van der Waals surface area contributed by atoms with Crippen molar-refractivity contribution in [2.75, 3.05) is 26.8 Å². The zero-order chi connectivity index (χ0) is 13.0. The van der Waals surface area contributed by atoms with E-state index in [1.165, 1.54) is 0 Å². The average Bonchev–Trinajstić information content (AvgIpc) is 2.85. The van der Waals surface area contributed by atoms with Crippen LogP contribution in [0.4, 0.5) is 0 Å². The van der Waals surface area contributed by atoms with Crippen molar-refractivity contribution < 1.29 is 9.53 Å². The molecule has 98 valence electrons. The van der Waals surface area contributed by atoms with Gasteiger partial charge in [-0.05, 0) is 25.1 Å². The Morgan fingerprint density at radius 1 is 1.50 bits per heavy atom. The summed E-state index contributed by atoms with van der Waals surface area (Å²) < 4.78 is 5.24. The predicted octanol–water partition coefficient (Wildman–Crippen LogP) is 2.38. The van der Waals surface area contributed by atoms with Crippen LogP contribution in [0.15, 0.2) is 24.3 Å². The zero-order valence-electron chi connectivity index (χ0n) is 10.6. The maximum Gasteiger partial charge on any atom is 0.152 e. The van der Waals surface area contributed by atoms with Crippen molar-refractivity contribution in [2.45, 2.75) is 13.0 Å². The van der Waals surface area contributed by atoms with Crippen molar-refractivity contribution in [3.05, 3.63) is 34.9 Å². The van der Waals surface area contributed by atoms with Crippen molar-refractivity contribution in [3.63, 3.8) is 0 Å². The van der Waals surface area contributed by atoms with Gasteiger partial charge >= 0.3 is 0 Å². The van der Waals surface area contributed by atoms with Gasteiger partial charge in [-0.15, -0.1) is 0 Å². The molecular weight excluding hydrogens is 250 g/mol. The van der Waals surface area contributed by atoms with Crippen LogP contribution < -0.4 is 0 Å². The first kappa shape index (κ1) is 13.5. The van der Waals surface area contributed by atoms with E-state index in [-0.39, 0.29) is 11.7 Å². The second-order valence-electron chi connectivity index (χ2n) is 4.79. The van der Waals surface area contributed by atoms with Gasteiger partial charge in [0.1, 0.15) is 0 Å². The lowest BCUT2D eigenvalue weighted by Crippen LogP contribution is -2.30. The SMILES string of the molecule is CN(CC(=O)C1CCOC1)Cc1ccccc1Cl. The molecular formula is C14H18ClNO2. The summed E-state index contributed by atoms with van der Waals surface area (Å²) in [5.41, 5.74) is 1.05. The quantitative estimate of drug-likeness (QED) is 0.820. The molecule has 1 aliphatic rings. The molecule has 18 heavy (non-hydrogen) atoms. The van der Waals surface area contributed by atoms with Crippen LogP contribution in [0, 0.1) is 5.92 Å². The van der Waals surface area contributed by atoms with E-state index in [1.54, 1.807) is 0 Å². The molecule has 1 aromatic carbocycles. The minimum absolute atomic E-state index is 0.0821. The van der Waals surface area contributed by atoms with Crippen molar-refractivity contribution in [1.29, 1.82) is 0 Å². The van der Waals surface area contributed by atoms with E-state index < -0.39 is 0 Å². The number of ketones is 1. The monoisotopic (exact) mass is 267 g/mol. The Kier molecular flexibility index (Phi) is 4.75. The topological polar surface area (TPSA) is 29.5 Å². The number of likely N-dealkylation sites (N-methyl/N-ethyl adjacent to an activating group) is 1. The summed E-state index contributed by atoms with van der Waals surface area (Å²) >= 11 is 6.10. The van der Waals surface area contributed by atoms with Gasteiger partial charge in [-0.2, -0.15) is 0 Å². The van der Waals surface area contributed by atoms with Crippen molar-refractivity contribution in [1.82, 2.24) is 4.90 Å². The van der Waals surface area contributed by atoms with E-state index >= 15 is 0 Å². The summed E-state index contributed by atoms with van der Waals surface area (Å²) in [5, 5.41) is 0.751. The average molecular weight is 268 g/mol. The number of Topliss-reactive ketones (excluding diaryl/α,β-unsaturated/α-hetero) is 1. The molecule has 0 aliphatic carbocycles. The summed E-state index contributed by atoms with van der Waals surface area (Å²) in [7, 11) is 1.94. The molecule has 0 bridgehead atoms. The van der Waals surface area contributed by atoms with Crippen molar-refractivity contribution in [3.8, 4) is 0 Å². The molecule has 3 nitrogen and oxygen atoms in total. The van der Waals surface area contributed by atoms with Crippen LogP contribution in [0.2, 0.25) is 5.02 Å². The molecule has 1 atom stereocenters. The first-order chi connectivity index (χ1) is 8.66. The lowest BCUT2D eigenvalue weighted by Gasteiger charge is -2.18. The summed E-state index contributed by atoms with van der Waals surface area (Å²) in [5.74, 6) is 0.348. The number of halogens is 1. The van der Waals surface area contributed by atoms with E-state index in [2.05, 4.69) is 0 Å². The van der Waals surface area contributed by atoms with Gasteiger partial charge < -0.3 is 4.74 Å². The second kappa shape index (κ2) is 6.32. The Morgan fingerprint density at radius 2 is 2.28 bits per heavy atom. The number of carbonyl (C=O) groups is 1. The van der Waals surface area contributed by atoms with Gasteiger partial charge in [-0.25, -0.2) is 0 Å². The molecule has 0 spiro atoms. The number of rotatable bonds is 5. The van der Waals surface area contributed by atoms with Gasteiger partial charge in [0.2, 0.25) is 0 Å². The fourth-order valence-corrected chi connectivity index (χ4v) is 2.35. The van der Waals surface area contributed by atoms with Gasteiger partial charge in [-0.1, -0.05) is 29.8 Å². The number of carbonyl (C=O) groups excluding carboxylic acids is 1. The van der Waals surface area contributed by atoms with Crippen LogP contribution in [0.25, 0.3) is 0 Å². The summed E-state index contributed by atoms with van der Waals surface area (Å²) in [4.78, 5) is 14.0. The van der Waals surface area contributed by atoms with Crippen molar-refractivity contribution >= 4 is 17.4 Å². The second-order valence-corrected chi connectivity index (χ2v) is 5.20. The highest BCUT2D eigenvalue weighted by Gasteiger charge is 2.24. The van der Waals surface area contributed by atoms with Gasteiger partial charge in [0, 0.05) is 24.1 Å². The number of hydrogen-bond donors (Lipinski definition) is 0. The third-order valence-corrected chi connectivity index (χ3v) is 3.58. The summed E-state index contributed by atoms with van der Waals surface area (Å²) in [6, 6.07) is 7.73. The molecule has 4 heteroatoms. The predicted molar refractivity (Wildman–Crippen MR) is 71.7 cm³/mol. The van der Waals surface area contributed by atoms with Crippen LogP contribution in [-0.2, 0) is 16.1 Å². The molecule has 0 aromatic heterocycles. The molecule has 1 unspecified atom stereocenters. The normalized spacial score (nSPS) is 19.4. The number of nitrogens with zero attached hydrogens (tertiary/aromatic N) is 1. The third kappa shape index (κ3) is 3.55. The maximum atomic E-state index is 12.0. The van der Waals surface area contributed by atoms with Crippen molar-refractivity contribution in [2.24, 2.45) is 5.92 Å². The van der Waals surface area contributed by atoms with Crippen LogP contribution in [0.1, 0.15) is 12.0 Å². The maximum absolute atomic E-state index is 12.0. The highest BCUT2D eigenvalue weighted by atomic mass is 35.5. The Balaban J connectivity index is 1.86. The Morgan fingerprint density at radius 3 is 2.94 bits per heavy atom. The smallest absolute Gasteiger partial charge is 0.152 e. The largest absolute Gasteiger partial charge is 0.381 e. The van der Waals surface area contributed by atoms with Crippen LogP contribution in [0.5, 0.6) is 0 Å². The zero-order valence-corrected chi connectivity index (χ0v) is 11.3. The van der Waals surface area contributed by atoms with E-state index in [4.69, 9.17) is 16.3 Å². The Bertz CT molecular complexity index is 416. The van der Waals surface area contributed by atoms with Crippen LogP contribution >= 0.6 is 11.6 Å². The molecule has 2 rings (SSSR count). The fraction of sp³-hybridized carbons (Fsp3) is 0.500. The standard InChI is InChI=1S/C14H18ClNO2/c1-16(8-11-4-2-3-5-13(11)15)9-14(17)12-6-7-18-10-12/h2-5,12H,6-10H2,1H3. The molecule has 0 N–H and O–H groups in total. The van der Waals surface area contributed by atoms with E-state index in [1.807, 2.05) is 36.2 Å². The van der Waals surface area contributed by atoms with Gasteiger partial charge in [0.05, 0.1) is 13.2 Å². The summed E-state index contributed by atoms with van der Waals surface area (Å²) in [6.45, 7) is 2.45. The van der Waals surface area contributed by atoms with Crippen LogP contribution in [0.3, 0.4) is 0 Å². The number of ether oxygens (including phenoxy) is 1. The van der Waals surface area contributed by atoms with Crippen LogP contribution in [-0.4, -0.2) is 37.5 Å². The highest BCUT2D eigenvalue weighted by Crippen LogP contribution is 2.18. The first-order valence-corrected chi connectivity index (χ1v) is 6.57. The molecule has 1 fully saturated rings. The molecule has 0 radical (unpaired) electrons. The molecule has 1 aliphatic heterocycles. The summed E-state index contributed by atoms with van der Waals surface area (Å²) in [6.07, 6.45) is 0.860. The lowest BCUT2D eigenvalue weighted by molar-refractivity contribution is -0.123. The van der Waals surface area contributed by atoms with Gasteiger partial charge in [-0.3, -0.25) is 9.69 Å². The number of hydrogen-bond acceptors (Lipinski definition) is 3. The fourth-order valence-electron chi connectivity index (χ4n) is 2.16. The van der Waals surface area contributed by atoms with Gasteiger partial charge in [0.25, 0.3) is 0 Å². The van der Waals surface area contributed by atoms with E-state index in [0.29, 0.717) is 26.3 Å². The molecule has 1 aromatic rings. The third-order valence-electron chi connectivity index (χ3n) is 3.21. The molecule has 1 heterocycles. The lowest BCUT2D eigenvalue weighted by atomic mass is 10.0. The Hall–Kier alpha value is -0.900. The van der Waals surface area contributed by atoms with E-state index in [0.717, 1.165) is 17.0 Å². The number of benzene rings is 1. The minimum Gasteiger partial charge on any atom is -0.381 e. The first-order valence-electron chi connectivity index (χ1n) is 6.19. The minimum atomic E-state index is 0.0821. The van der Waals surface area contributed by atoms with Gasteiger partial charge in [0.15, 0.2) is 5.78 Å². The molecule has 1 saturated heterocycles.